The summed E-state index contributed by atoms with van der Waals surface area (Å²) in [5.41, 5.74) is 2.61. The summed E-state index contributed by atoms with van der Waals surface area (Å²) in [5, 5.41) is 2.75. The average Bonchev–Trinajstić information content (AvgIpc) is 2.68. The molecule has 0 radical (unpaired) electrons. The van der Waals surface area contributed by atoms with Crippen molar-refractivity contribution in [2.45, 2.75) is 44.0 Å². The Morgan fingerprint density at radius 3 is 2.23 bits per heavy atom. The molecule has 0 bridgehead atoms. The van der Waals surface area contributed by atoms with Gasteiger partial charge >= 0.3 is 0 Å². The second-order valence-electron chi connectivity index (χ2n) is 7.52. The van der Waals surface area contributed by atoms with Crippen LogP contribution < -0.4 is 10.9 Å². The molecule has 0 aliphatic rings. The summed E-state index contributed by atoms with van der Waals surface area (Å²) in [5.74, 6) is -0.422. The van der Waals surface area contributed by atoms with E-state index in [0.717, 1.165) is 15.6 Å². The number of rotatable bonds is 5. The van der Waals surface area contributed by atoms with E-state index >= 15 is 0 Å². The summed E-state index contributed by atoms with van der Waals surface area (Å²) in [4.78, 5) is 25.5. The highest BCUT2D eigenvalue weighted by atomic mass is 79.9. The van der Waals surface area contributed by atoms with Gasteiger partial charge in [-0.2, -0.15) is 0 Å². The van der Waals surface area contributed by atoms with Crippen molar-refractivity contribution in [3.63, 3.8) is 0 Å². The third-order valence-corrected chi connectivity index (χ3v) is 7.81. The Bertz CT molecular complexity index is 1330. The molecule has 31 heavy (non-hydrogen) atoms. The molecule has 0 saturated heterocycles. The molecule has 0 aliphatic heterocycles. The first-order valence-electron chi connectivity index (χ1n) is 9.59. The monoisotopic (exact) mass is 502 g/mol. The van der Waals surface area contributed by atoms with Crippen molar-refractivity contribution >= 4 is 37.4 Å². The Morgan fingerprint density at radius 1 is 0.968 bits per heavy atom. The summed E-state index contributed by atoms with van der Waals surface area (Å²) >= 11 is 3.41. The van der Waals surface area contributed by atoms with Crippen LogP contribution >= 0.6 is 15.9 Å². The zero-order chi connectivity index (χ0) is 22.9. The van der Waals surface area contributed by atoms with E-state index in [9.17, 15) is 18.0 Å². The van der Waals surface area contributed by atoms with Crippen molar-refractivity contribution in [2.75, 3.05) is 5.32 Å². The fraction of sp³-hybridized carbons (Fsp3) is 0.217. The molecule has 0 aliphatic carbocycles. The molecule has 1 amide bonds. The molecule has 0 spiro atoms. The molecule has 6 nitrogen and oxygen atoms in total. The standard InChI is InChI=1S/C23H23BrN2O4S/c1-14-5-8-19(9-6-14)31(29,30)22-16(3)11-17(4)26(23(22)28)13-21(27)25-18-7-10-20(24)15(2)12-18/h5-12H,13H2,1-4H3,(H,25,27). The summed E-state index contributed by atoms with van der Waals surface area (Å²) < 4.78 is 28.5. The van der Waals surface area contributed by atoms with Crippen molar-refractivity contribution in [1.29, 1.82) is 0 Å². The smallest absolute Gasteiger partial charge is 0.270 e. The number of hydrogen-bond acceptors (Lipinski definition) is 4. The van der Waals surface area contributed by atoms with E-state index in [1.807, 2.05) is 19.9 Å². The number of amides is 1. The van der Waals surface area contributed by atoms with Crippen LogP contribution in [0.4, 0.5) is 5.69 Å². The summed E-state index contributed by atoms with van der Waals surface area (Å²) in [7, 11) is -4.03. The Kier molecular flexibility index (Phi) is 6.52. The number of benzene rings is 2. The van der Waals surface area contributed by atoms with Gasteiger partial charge in [-0.3, -0.25) is 9.59 Å². The van der Waals surface area contributed by atoms with Gasteiger partial charge in [-0.05, 0) is 75.2 Å². The number of aromatic nitrogens is 1. The van der Waals surface area contributed by atoms with E-state index < -0.39 is 21.3 Å². The van der Waals surface area contributed by atoms with Crippen LogP contribution in [0.3, 0.4) is 0 Å². The van der Waals surface area contributed by atoms with Crippen molar-refractivity contribution < 1.29 is 13.2 Å². The predicted molar refractivity (Wildman–Crippen MR) is 124 cm³/mol. The minimum Gasteiger partial charge on any atom is -0.325 e. The third-order valence-electron chi connectivity index (χ3n) is 4.99. The second kappa shape index (κ2) is 8.80. The van der Waals surface area contributed by atoms with Crippen molar-refractivity contribution in [2.24, 2.45) is 0 Å². The van der Waals surface area contributed by atoms with Crippen LogP contribution in [0.1, 0.15) is 22.4 Å². The Morgan fingerprint density at radius 2 is 1.61 bits per heavy atom. The van der Waals surface area contributed by atoms with Crippen molar-refractivity contribution in [3.05, 3.63) is 85.7 Å². The van der Waals surface area contributed by atoms with Crippen LogP contribution in [0, 0.1) is 27.7 Å². The quantitative estimate of drug-likeness (QED) is 0.562. The molecule has 1 N–H and O–H groups in total. The molecule has 3 aromatic rings. The van der Waals surface area contributed by atoms with Gasteiger partial charge in [0.2, 0.25) is 15.7 Å². The SMILES string of the molecule is Cc1ccc(S(=O)(=O)c2c(C)cc(C)n(CC(=O)Nc3ccc(Br)c(C)c3)c2=O)cc1. The molecular formula is C23H23BrN2O4S. The van der Waals surface area contributed by atoms with Gasteiger partial charge in [-0.1, -0.05) is 33.6 Å². The normalized spacial score (nSPS) is 11.4. The van der Waals surface area contributed by atoms with E-state index in [0.29, 0.717) is 16.9 Å². The fourth-order valence-corrected chi connectivity index (χ4v) is 5.13. The first-order valence-corrected chi connectivity index (χ1v) is 11.9. The topological polar surface area (TPSA) is 85.2 Å². The Labute approximate surface area is 190 Å². The van der Waals surface area contributed by atoms with E-state index in [-0.39, 0.29) is 16.3 Å². The van der Waals surface area contributed by atoms with Gasteiger partial charge in [0.1, 0.15) is 11.4 Å². The summed E-state index contributed by atoms with van der Waals surface area (Å²) in [6.45, 7) is 6.72. The van der Waals surface area contributed by atoms with Gasteiger partial charge < -0.3 is 9.88 Å². The van der Waals surface area contributed by atoms with Crippen molar-refractivity contribution in [3.8, 4) is 0 Å². The second-order valence-corrected chi connectivity index (χ2v) is 10.3. The number of hydrogen-bond donors (Lipinski definition) is 1. The maximum atomic E-state index is 13.2. The maximum absolute atomic E-state index is 13.2. The van der Waals surface area contributed by atoms with Gasteiger partial charge in [-0.25, -0.2) is 8.42 Å². The minimum atomic E-state index is -4.03. The van der Waals surface area contributed by atoms with E-state index in [1.165, 1.54) is 16.7 Å². The number of halogens is 1. The Balaban J connectivity index is 1.98. The lowest BCUT2D eigenvalue weighted by Crippen LogP contribution is -2.33. The molecule has 8 heteroatoms. The highest BCUT2D eigenvalue weighted by molar-refractivity contribution is 9.10. The van der Waals surface area contributed by atoms with Crippen LogP contribution in [0.15, 0.2) is 67.6 Å². The highest BCUT2D eigenvalue weighted by Crippen LogP contribution is 2.23. The van der Waals surface area contributed by atoms with Gasteiger partial charge in [0.05, 0.1) is 4.90 Å². The molecule has 0 atom stereocenters. The first kappa shape index (κ1) is 23.0. The number of anilines is 1. The van der Waals surface area contributed by atoms with E-state index in [2.05, 4.69) is 21.2 Å². The molecular weight excluding hydrogens is 480 g/mol. The lowest BCUT2D eigenvalue weighted by Gasteiger charge is -2.15. The fourth-order valence-electron chi connectivity index (χ4n) is 3.33. The number of pyridine rings is 1. The molecule has 0 saturated carbocycles. The van der Waals surface area contributed by atoms with Crippen LogP contribution in [0.25, 0.3) is 0 Å². The lowest BCUT2D eigenvalue weighted by molar-refractivity contribution is -0.116. The predicted octanol–water partition coefficient (Wildman–Crippen LogP) is 4.32. The Hall–Kier alpha value is -2.71. The lowest BCUT2D eigenvalue weighted by atomic mass is 10.2. The number of carbonyl (C=O) groups excluding carboxylic acids is 1. The first-order chi connectivity index (χ1) is 14.5. The molecule has 2 aromatic carbocycles. The summed E-state index contributed by atoms with van der Waals surface area (Å²) in [6.07, 6.45) is 0. The van der Waals surface area contributed by atoms with Crippen molar-refractivity contribution in [1.82, 2.24) is 4.57 Å². The molecule has 1 heterocycles. The zero-order valence-electron chi connectivity index (χ0n) is 17.7. The van der Waals surface area contributed by atoms with Gasteiger partial charge in [-0.15, -0.1) is 0 Å². The van der Waals surface area contributed by atoms with Gasteiger partial charge in [0.15, 0.2) is 0 Å². The number of nitrogens with one attached hydrogen (secondary N) is 1. The molecule has 162 valence electrons. The number of sulfone groups is 1. The molecule has 1 aromatic heterocycles. The summed E-state index contributed by atoms with van der Waals surface area (Å²) in [6, 6.07) is 13.3. The largest absolute Gasteiger partial charge is 0.325 e. The van der Waals surface area contributed by atoms with Crippen LogP contribution in [0.5, 0.6) is 0 Å². The van der Waals surface area contributed by atoms with E-state index in [1.54, 1.807) is 44.2 Å². The number of nitrogens with zero attached hydrogens (tertiary/aromatic N) is 1. The molecule has 0 unspecified atom stereocenters. The molecule has 0 fully saturated rings. The number of carbonyl (C=O) groups is 1. The van der Waals surface area contributed by atoms with E-state index in [4.69, 9.17) is 0 Å². The average molecular weight is 503 g/mol. The number of aryl methyl sites for hydroxylation is 4. The highest BCUT2D eigenvalue weighted by Gasteiger charge is 2.26. The van der Waals surface area contributed by atoms with Crippen LogP contribution in [-0.4, -0.2) is 18.9 Å². The van der Waals surface area contributed by atoms with Gasteiger partial charge in [0.25, 0.3) is 5.56 Å². The van der Waals surface area contributed by atoms with Gasteiger partial charge in [0, 0.05) is 15.9 Å². The van der Waals surface area contributed by atoms with Crippen LogP contribution in [-0.2, 0) is 21.2 Å². The van der Waals surface area contributed by atoms with Crippen LogP contribution in [0.2, 0.25) is 0 Å². The molecule has 3 rings (SSSR count). The minimum absolute atomic E-state index is 0.0449. The maximum Gasteiger partial charge on any atom is 0.270 e. The third kappa shape index (κ3) is 4.80. The zero-order valence-corrected chi connectivity index (χ0v) is 20.1.